The first kappa shape index (κ1) is 18.2. The fourth-order valence-corrected chi connectivity index (χ4v) is 7.10. The van der Waals surface area contributed by atoms with E-state index in [1.165, 1.54) is 36.8 Å². The fourth-order valence-electron chi connectivity index (χ4n) is 7.10. The van der Waals surface area contributed by atoms with E-state index >= 15 is 0 Å². The first-order valence-corrected chi connectivity index (χ1v) is 10.9. The summed E-state index contributed by atoms with van der Waals surface area (Å²) in [6.45, 7) is 5.98. The van der Waals surface area contributed by atoms with E-state index in [1.807, 2.05) is 7.11 Å². The van der Waals surface area contributed by atoms with Gasteiger partial charge in [0.1, 0.15) is 5.75 Å². The SMILES string of the molecule is COc1cccc2c1CC[C@@H]1[C@@]3(C)CCO[C@@H](c4ccccc4)[C@@H]3CC[C@@]21C. The van der Waals surface area contributed by atoms with Crippen LogP contribution in [0.5, 0.6) is 5.75 Å². The Balaban J connectivity index is 1.56. The third-order valence-corrected chi connectivity index (χ3v) is 8.47. The van der Waals surface area contributed by atoms with Crippen molar-refractivity contribution < 1.29 is 9.47 Å². The van der Waals surface area contributed by atoms with E-state index in [0.717, 1.165) is 18.8 Å². The summed E-state index contributed by atoms with van der Waals surface area (Å²) in [5, 5.41) is 0. The minimum absolute atomic E-state index is 0.242. The molecule has 2 nitrogen and oxygen atoms in total. The Labute approximate surface area is 169 Å². The van der Waals surface area contributed by atoms with E-state index in [9.17, 15) is 0 Å². The largest absolute Gasteiger partial charge is 0.496 e. The smallest absolute Gasteiger partial charge is 0.122 e. The van der Waals surface area contributed by atoms with E-state index in [2.05, 4.69) is 62.4 Å². The Morgan fingerprint density at radius 2 is 1.79 bits per heavy atom. The normalized spacial score (nSPS) is 36.8. The number of rotatable bonds is 2. The van der Waals surface area contributed by atoms with Gasteiger partial charge in [0.15, 0.2) is 0 Å². The predicted molar refractivity (Wildman–Crippen MR) is 113 cm³/mol. The van der Waals surface area contributed by atoms with Gasteiger partial charge < -0.3 is 9.47 Å². The third kappa shape index (κ3) is 2.50. The van der Waals surface area contributed by atoms with Gasteiger partial charge >= 0.3 is 0 Å². The highest BCUT2D eigenvalue weighted by Gasteiger charge is 2.58. The summed E-state index contributed by atoms with van der Waals surface area (Å²) in [7, 11) is 1.81. The minimum atomic E-state index is 0.242. The summed E-state index contributed by atoms with van der Waals surface area (Å²) in [5.41, 5.74) is 4.93. The van der Waals surface area contributed by atoms with Crippen LogP contribution in [0.25, 0.3) is 0 Å². The molecule has 2 heteroatoms. The molecule has 0 aromatic heterocycles. The van der Waals surface area contributed by atoms with Gasteiger partial charge in [0.2, 0.25) is 0 Å². The fraction of sp³-hybridized carbons (Fsp3) is 0.538. The lowest BCUT2D eigenvalue weighted by molar-refractivity contribution is -0.161. The highest BCUT2D eigenvalue weighted by atomic mass is 16.5. The molecule has 148 valence electrons. The first-order chi connectivity index (χ1) is 13.6. The molecule has 0 amide bonds. The van der Waals surface area contributed by atoms with Crippen LogP contribution in [-0.2, 0) is 16.6 Å². The van der Waals surface area contributed by atoms with Gasteiger partial charge in [-0.05, 0) is 77.5 Å². The molecule has 0 unspecified atom stereocenters. The van der Waals surface area contributed by atoms with Gasteiger partial charge in [0, 0.05) is 6.61 Å². The van der Waals surface area contributed by atoms with Crippen molar-refractivity contribution in [1.82, 2.24) is 0 Å². The van der Waals surface area contributed by atoms with Crippen molar-refractivity contribution >= 4 is 0 Å². The quantitative estimate of drug-likeness (QED) is 0.631. The zero-order valence-corrected chi connectivity index (χ0v) is 17.4. The average Bonchev–Trinajstić information content (AvgIpc) is 2.73. The number of benzene rings is 2. The van der Waals surface area contributed by atoms with Crippen LogP contribution in [0.3, 0.4) is 0 Å². The van der Waals surface area contributed by atoms with Crippen LogP contribution in [0.15, 0.2) is 48.5 Å². The topological polar surface area (TPSA) is 18.5 Å². The summed E-state index contributed by atoms with van der Waals surface area (Å²) >= 11 is 0. The lowest BCUT2D eigenvalue weighted by Crippen LogP contribution is -2.56. The Bertz CT molecular complexity index is 860. The lowest BCUT2D eigenvalue weighted by Gasteiger charge is -2.61. The molecular formula is C26H32O2. The van der Waals surface area contributed by atoms with Crippen molar-refractivity contribution in [3.8, 4) is 5.75 Å². The maximum Gasteiger partial charge on any atom is 0.122 e. The van der Waals surface area contributed by atoms with Crippen molar-refractivity contribution in [2.45, 2.75) is 57.5 Å². The van der Waals surface area contributed by atoms with Gasteiger partial charge in [0.25, 0.3) is 0 Å². The summed E-state index contributed by atoms with van der Waals surface area (Å²) in [4.78, 5) is 0. The van der Waals surface area contributed by atoms with Crippen LogP contribution < -0.4 is 4.74 Å². The van der Waals surface area contributed by atoms with Crippen LogP contribution >= 0.6 is 0 Å². The maximum atomic E-state index is 6.40. The standard InChI is InChI=1S/C26H32O2/c1-25-15-14-21-24(18-8-5-4-6-9-18)28-17-16-26(21,2)23(25)13-12-19-20(25)10-7-11-22(19)27-3/h4-11,21,23-24H,12-17H2,1-3H3/t21-,23-,24-,25-,26-/m0/s1. The molecule has 5 rings (SSSR count). The molecule has 0 N–H and O–H groups in total. The molecule has 2 aromatic rings. The zero-order valence-electron chi connectivity index (χ0n) is 17.4. The second kappa shape index (κ2) is 6.62. The molecule has 5 atom stereocenters. The van der Waals surface area contributed by atoms with Crippen LogP contribution in [0.1, 0.15) is 62.3 Å². The molecular weight excluding hydrogens is 344 g/mol. The van der Waals surface area contributed by atoms with E-state index in [4.69, 9.17) is 9.47 Å². The Morgan fingerprint density at radius 1 is 0.964 bits per heavy atom. The second-order valence-electron chi connectivity index (χ2n) is 9.60. The molecule has 2 fully saturated rings. The summed E-state index contributed by atoms with van der Waals surface area (Å²) < 4.78 is 12.1. The molecule has 0 bridgehead atoms. The maximum absolute atomic E-state index is 6.40. The third-order valence-electron chi connectivity index (χ3n) is 8.47. The minimum Gasteiger partial charge on any atom is -0.496 e. The molecule has 2 aromatic carbocycles. The van der Waals surface area contributed by atoms with Crippen molar-refractivity contribution in [3.05, 3.63) is 65.2 Å². The van der Waals surface area contributed by atoms with E-state index in [0.29, 0.717) is 17.3 Å². The molecule has 0 radical (unpaired) electrons. The van der Waals surface area contributed by atoms with Crippen LogP contribution in [0, 0.1) is 17.3 Å². The zero-order chi connectivity index (χ0) is 19.4. The van der Waals surface area contributed by atoms with Crippen molar-refractivity contribution in [2.75, 3.05) is 13.7 Å². The van der Waals surface area contributed by atoms with Crippen molar-refractivity contribution in [3.63, 3.8) is 0 Å². The lowest BCUT2D eigenvalue weighted by atomic mass is 9.44. The predicted octanol–water partition coefficient (Wildman–Crippen LogP) is 6.09. The molecule has 28 heavy (non-hydrogen) atoms. The average molecular weight is 377 g/mol. The van der Waals surface area contributed by atoms with Gasteiger partial charge in [-0.1, -0.05) is 56.3 Å². The molecule has 1 aliphatic heterocycles. The van der Waals surface area contributed by atoms with Gasteiger partial charge in [-0.15, -0.1) is 0 Å². The highest BCUT2D eigenvalue weighted by molar-refractivity contribution is 5.47. The van der Waals surface area contributed by atoms with Gasteiger partial charge in [-0.3, -0.25) is 0 Å². The van der Waals surface area contributed by atoms with E-state index in [-0.39, 0.29) is 11.5 Å². The highest BCUT2D eigenvalue weighted by Crippen LogP contribution is 2.65. The Kier molecular flexibility index (Phi) is 4.32. The van der Waals surface area contributed by atoms with Gasteiger partial charge in [0.05, 0.1) is 13.2 Å². The molecule has 1 heterocycles. The monoisotopic (exact) mass is 376 g/mol. The van der Waals surface area contributed by atoms with Crippen LogP contribution in [-0.4, -0.2) is 13.7 Å². The molecule has 1 saturated carbocycles. The summed E-state index contributed by atoms with van der Waals surface area (Å²) in [6, 6.07) is 17.6. The number of methoxy groups -OCH3 is 1. The Hall–Kier alpha value is -1.80. The number of hydrogen-bond donors (Lipinski definition) is 0. The van der Waals surface area contributed by atoms with Gasteiger partial charge in [-0.2, -0.15) is 0 Å². The Morgan fingerprint density at radius 3 is 2.57 bits per heavy atom. The van der Waals surface area contributed by atoms with Crippen molar-refractivity contribution in [2.24, 2.45) is 17.3 Å². The van der Waals surface area contributed by atoms with E-state index in [1.54, 1.807) is 5.56 Å². The van der Waals surface area contributed by atoms with Crippen LogP contribution in [0.4, 0.5) is 0 Å². The number of fused-ring (bicyclic) bond motifs is 5. The van der Waals surface area contributed by atoms with Crippen LogP contribution in [0.2, 0.25) is 0 Å². The van der Waals surface area contributed by atoms with Gasteiger partial charge in [-0.25, -0.2) is 0 Å². The summed E-state index contributed by atoms with van der Waals surface area (Å²) in [5.74, 6) is 2.39. The summed E-state index contributed by atoms with van der Waals surface area (Å²) in [6.07, 6.45) is 6.30. The molecule has 1 saturated heterocycles. The van der Waals surface area contributed by atoms with E-state index < -0.39 is 0 Å². The molecule has 2 aliphatic carbocycles. The second-order valence-corrected chi connectivity index (χ2v) is 9.60. The number of hydrogen-bond acceptors (Lipinski definition) is 2. The molecule has 3 aliphatic rings. The first-order valence-electron chi connectivity index (χ1n) is 10.9. The molecule has 0 spiro atoms. The number of ether oxygens (including phenoxy) is 2. The van der Waals surface area contributed by atoms with Crippen molar-refractivity contribution in [1.29, 1.82) is 0 Å².